The number of anilines is 1. The summed E-state index contributed by atoms with van der Waals surface area (Å²) in [4.78, 5) is 10.0. The van der Waals surface area contributed by atoms with Crippen molar-refractivity contribution in [1.82, 2.24) is 9.97 Å². The summed E-state index contributed by atoms with van der Waals surface area (Å²) < 4.78 is 39.4. The fourth-order valence-corrected chi connectivity index (χ4v) is 2.74. The molecule has 2 unspecified atom stereocenters. The summed E-state index contributed by atoms with van der Waals surface area (Å²) in [5.74, 6) is -1.16. The van der Waals surface area contributed by atoms with Crippen LogP contribution in [0.5, 0.6) is 0 Å². The second-order valence-corrected chi connectivity index (χ2v) is 5.30. The van der Waals surface area contributed by atoms with Gasteiger partial charge in [-0.25, -0.2) is 9.97 Å². The first-order chi connectivity index (χ1) is 9.45. The minimum Gasteiger partial charge on any atom is -0.340 e. The van der Waals surface area contributed by atoms with Crippen LogP contribution >= 0.6 is 0 Å². The average Bonchev–Trinajstić information content (AvgIpc) is 2.46. The molecule has 0 amide bonds. The highest BCUT2D eigenvalue weighted by Gasteiger charge is 2.47. The first-order valence-electron chi connectivity index (χ1n) is 7.08. The minimum absolute atomic E-state index is 0.0342. The van der Waals surface area contributed by atoms with Gasteiger partial charge in [0.15, 0.2) is 0 Å². The molecule has 2 rings (SSSR count). The largest absolute Gasteiger partial charge is 0.393 e. The van der Waals surface area contributed by atoms with Crippen molar-refractivity contribution >= 4 is 5.95 Å². The van der Waals surface area contributed by atoms with Gasteiger partial charge in [-0.15, -0.1) is 0 Å². The van der Waals surface area contributed by atoms with E-state index in [2.05, 4.69) is 9.97 Å². The molecule has 1 fully saturated rings. The van der Waals surface area contributed by atoms with Crippen molar-refractivity contribution < 1.29 is 13.2 Å². The molecule has 1 aromatic heterocycles. The number of alkyl halides is 3. The summed E-state index contributed by atoms with van der Waals surface area (Å²) in [7, 11) is 0. The zero-order valence-electron chi connectivity index (χ0n) is 11.8. The molecule has 0 aromatic carbocycles. The van der Waals surface area contributed by atoms with Gasteiger partial charge >= 0.3 is 6.18 Å². The first kappa shape index (κ1) is 15.1. The van der Waals surface area contributed by atoms with Gasteiger partial charge in [0.25, 0.3) is 0 Å². The Morgan fingerprint density at radius 2 is 1.90 bits per heavy atom. The van der Waals surface area contributed by atoms with Gasteiger partial charge in [-0.2, -0.15) is 13.2 Å². The van der Waals surface area contributed by atoms with Gasteiger partial charge in [0.1, 0.15) is 0 Å². The Bertz CT molecular complexity index is 430. The van der Waals surface area contributed by atoms with E-state index in [0.717, 1.165) is 12.0 Å². The van der Waals surface area contributed by atoms with Crippen LogP contribution in [0, 0.1) is 11.8 Å². The van der Waals surface area contributed by atoms with Gasteiger partial charge in [0, 0.05) is 25.5 Å². The normalized spacial score (nSPS) is 23.9. The molecule has 1 aliphatic rings. The molecule has 20 heavy (non-hydrogen) atoms. The number of hydrogen-bond donors (Lipinski definition) is 0. The lowest BCUT2D eigenvalue weighted by molar-refractivity contribution is -0.190. The summed E-state index contributed by atoms with van der Waals surface area (Å²) in [6.07, 6.45) is 1.16. The fraction of sp³-hybridized carbons (Fsp3) is 0.714. The highest BCUT2D eigenvalue weighted by atomic mass is 19.4. The second-order valence-electron chi connectivity index (χ2n) is 5.30. The zero-order valence-corrected chi connectivity index (χ0v) is 11.8. The van der Waals surface area contributed by atoms with Crippen molar-refractivity contribution in [3.8, 4) is 0 Å². The topological polar surface area (TPSA) is 29.0 Å². The molecule has 2 heterocycles. The molecule has 0 bridgehead atoms. The van der Waals surface area contributed by atoms with Crippen LogP contribution < -0.4 is 4.90 Å². The van der Waals surface area contributed by atoms with Crippen molar-refractivity contribution in [2.45, 2.75) is 39.3 Å². The number of rotatable bonds is 3. The van der Waals surface area contributed by atoms with Crippen LogP contribution in [-0.2, 0) is 6.42 Å². The predicted octanol–water partition coefficient (Wildman–Crippen LogP) is 3.45. The third-order valence-electron chi connectivity index (χ3n) is 4.08. The lowest BCUT2D eigenvalue weighted by atomic mass is 9.83. The van der Waals surface area contributed by atoms with E-state index in [0.29, 0.717) is 25.3 Å². The van der Waals surface area contributed by atoms with E-state index in [-0.39, 0.29) is 12.5 Å². The molecule has 1 aliphatic heterocycles. The lowest BCUT2D eigenvalue weighted by Crippen LogP contribution is -2.47. The average molecular weight is 287 g/mol. The summed E-state index contributed by atoms with van der Waals surface area (Å²) in [5.41, 5.74) is 0.990. The Balaban J connectivity index is 2.14. The van der Waals surface area contributed by atoms with Crippen molar-refractivity contribution in [3.05, 3.63) is 18.0 Å². The number of halogens is 3. The van der Waals surface area contributed by atoms with Gasteiger partial charge in [-0.1, -0.05) is 20.3 Å². The van der Waals surface area contributed by atoms with E-state index in [1.807, 2.05) is 13.8 Å². The third-order valence-corrected chi connectivity index (χ3v) is 4.08. The smallest absolute Gasteiger partial charge is 0.340 e. The number of aryl methyl sites for hydroxylation is 1. The van der Waals surface area contributed by atoms with Crippen molar-refractivity contribution in [2.75, 3.05) is 18.0 Å². The zero-order chi connectivity index (χ0) is 14.8. The molecule has 1 saturated heterocycles. The molecular weight excluding hydrogens is 267 g/mol. The Kier molecular flexibility index (Phi) is 4.50. The van der Waals surface area contributed by atoms with Gasteiger partial charge in [0.05, 0.1) is 5.92 Å². The Morgan fingerprint density at radius 1 is 1.25 bits per heavy atom. The van der Waals surface area contributed by atoms with Gasteiger partial charge in [-0.3, -0.25) is 0 Å². The molecule has 2 atom stereocenters. The molecule has 0 saturated carbocycles. The van der Waals surface area contributed by atoms with E-state index in [1.54, 1.807) is 17.3 Å². The van der Waals surface area contributed by atoms with E-state index in [9.17, 15) is 13.2 Å². The van der Waals surface area contributed by atoms with Crippen LogP contribution in [0.3, 0.4) is 0 Å². The van der Waals surface area contributed by atoms with Crippen LogP contribution in [-0.4, -0.2) is 29.2 Å². The lowest BCUT2D eigenvalue weighted by Gasteiger charge is -2.39. The van der Waals surface area contributed by atoms with Gasteiger partial charge in [-0.05, 0) is 24.3 Å². The first-order valence-corrected chi connectivity index (χ1v) is 7.08. The van der Waals surface area contributed by atoms with E-state index in [4.69, 9.17) is 0 Å². The van der Waals surface area contributed by atoms with Crippen LogP contribution in [0.15, 0.2) is 12.4 Å². The Hall–Kier alpha value is -1.33. The number of aromatic nitrogens is 2. The van der Waals surface area contributed by atoms with E-state index in [1.165, 1.54) is 0 Å². The molecule has 0 N–H and O–H groups in total. The maximum absolute atomic E-state index is 13.1. The molecule has 0 spiro atoms. The monoisotopic (exact) mass is 287 g/mol. The Labute approximate surface area is 117 Å². The number of piperidine rings is 1. The molecule has 3 nitrogen and oxygen atoms in total. The maximum atomic E-state index is 13.1. The van der Waals surface area contributed by atoms with Crippen LogP contribution in [0.4, 0.5) is 19.1 Å². The Morgan fingerprint density at radius 3 is 2.40 bits per heavy atom. The van der Waals surface area contributed by atoms with Gasteiger partial charge < -0.3 is 4.90 Å². The predicted molar refractivity (Wildman–Crippen MR) is 71.6 cm³/mol. The van der Waals surface area contributed by atoms with Crippen LogP contribution in [0.1, 0.15) is 32.3 Å². The van der Waals surface area contributed by atoms with Crippen molar-refractivity contribution in [3.63, 3.8) is 0 Å². The second kappa shape index (κ2) is 5.97. The molecule has 1 aromatic rings. The third kappa shape index (κ3) is 3.22. The summed E-state index contributed by atoms with van der Waals surface area (Å²) in [6.45, 7) is 4.38. The molecule has 6 heteroatoms. The molecule has 0 radical (unpaired) electrons. The van der Waals surface area contributed by atoms with Crippen molar-refractivity contribution in [1.29, 1.82) is 0 Å². The van der Waals surface area contributed by atoms with Gasteiger partial charge in [0.2, 0.25) is 5.95 Å². The van der Waals surface area contributed by atoms with Crippen LogP contribution in [0.2, 0.25) is 0 Å². The maximum Gasteiger partial charge on any atom is 0.393 e. The summed E-state index contributed by atoms with van der Waals surface area (Å²) in [5, 5.41) is 0. The van der Waals surface area contributed by atoms with E-state index < -0.39 is 12.1 Å². The van der Waals surface area contributed by atoms with Crippen molar-refractivity contribution in [2.24, 2.45) is 11.8 Å². The highest BCUT2D eigenvalue weighted by molar-refractivity contribution is 5.31. The van der Waals surface area contributed by atoms with E-state index >= 15 is 0 Å². The molecule has 0 aliphatic carbocycles. The SMILES string of the molecule is CCc1cnc(N2CCC(CC)C(C(F)(F)F)C2)nc1. The quantitative estimate of drug-likeness (QED) is 0.852. The minimum atomic E-state index is -4.15. The summed E-state index contributed by atoms with van der Waals surface area (Å²) in [6, 6.07) is 0. The highest BCUT2D eigenvalue weighted by Crippen LogP contribution is 2.39. The number of nitrogens with zero attached hydrogens (tertiary/aromatic N) is 3. The summed E-state index contributed by atoms with van der Waals surface area (Å²) >= 11 is 0. The standard InChI is InChI=1S/C14H20F3N3/c1-3-10-7-18-13(19-8-10)20-6-5-11(4-2)12(9-20)14(15,16)17/h7-8,11-12H,3-6,9H2,1-2H3. The van der Waals surface area contributed by atoms with Crippen LogP contribution in [0.25, 0.3) is 0 Å². The molecule has 112 valence electrons. The number of hydrogen-bond acceptors (Lipinski definition) is 3. The molecular formula is C14H20F3N3. The fourth-order valence-electron chi connectivity index (χ4n) is 2.74.